The van der Waals surface area contributed by atoms with Crippen molar-refractivity contribution in [2.24, 2.45) is 0 Å². The van der Waals surface area contributed by atoms with Gasteiger partial charge in [-0.3, -0.25) is 0 Å². The third kappa shape index (κ3) is 3.46. The number of sulfone groups is 1. The van der Waals surface area contributed by atoms with Crippen LogP contribution in [0.1, 0.15) is 12.0 Å². The summed E-state index contributed by atoms with van der Waals surface area (Å²) in [6.07, 6.45) is 0.490. The maximum Gasteiger partial charge on any atom is 0.319 e. The molecule has 0 saturated carbocycles. The molecule has 0 bridgehead atoms. The monoisotopic (exact) mass is 268 g/mol. The van der Waals surface area contributed by atoms with E-state index in [-0.39, 0.29) is 23.6 Å². The zero-order valence-corrected chi connectivity index (χ0v) is 11.0. The molecule has 1 aromatic rings. The quantitative estimate of drug-likeness (QED) is 0.849. The molecule has 0 aromatic heterocycles. The Labute approximate surface area is 107 Å². The Bertz CT molecular complexity index is 537. The normalized spacial score (nSPS) is 21.5. The molecule has 0 radical (unpaired) electrons. The van der Waals surface area contributed by atoms with Crippen LogP contribution in [0.4, 0.5) is 10.5 Å². The highest BCUT2D eigenvalue weighted by molar-refractivity contribution is 7.91. The fourth-order valence-corrected chi connectivity index (χ4v) is 3.57. The van der Waals surface area contributed by atoms with E-state index in [2.05, 4.69) is 10.6 Å². The SMILES string of the molecule is Cc1ccc(NC(=O)N[C@H]2CCS(=O)(=O)C2)cc1. The molecule has 98 valence electrons. The topological polar surface area (TPSA) is 75.3 Å². The highest BCUT2D eigenvalue weighted by Gasteiger charge is 2.28. The van der Waals surface area contributed by atoms with Gasteiger partial charge in [-0.05, 0) is 25.5 Å². The molecule has 1 atom stereocenters. The average Bonchev–Trinajstić information content (AvgIpc) is 2.61. The van der Waals surface area contributed by atoms with Gasteiger partial charge in [-0.25, -0.2) is 13.2 Å². The van der Waals surface area contributed by atoms with Crippen LogP contribution in [0.15, 0.2) is 24.3 Å². The molecule has 0 aliphatic carbocycles. The Kier molecular flexibility index (Phi) is 3.56. The van der Waals surface area contributed by atoms with Gasteiger partial charge in [-0.1, -0.05) is 17.7 Å². The summed E-state index contributed by atoms with van der Waals surface area (Å²) < 4.78 is 22.5. The van der Waals surface area contributed by atoms with Gasteiger partial charge < -0.3 is 10.6 Å². The molecule has 2 N–H and O–H groups in total. The molecule has 2 amide bonds. The molecule has 1 aromatic carbocycles. The molecule has 0 unspecified atom stereocenters. The minimum atomic E-state index is -2.96. The van der Waals surface area contributed by atoms with Gasteiger partial charge in [-0.15, -0.1) is 0 Å². The van der Waals surface area contributed by atoms with Gasteiger partial charge in [0.05, 0.1) is 11.5 Å². The number of benzene rings is 1. The van der Waals surface area contributed by atoms with Crippen molar-refractivity contribution in [1.29, 1.82) is 0 Å². The van der Waals surface area contributed by atoms with Crippen molar-refractivity contribution in [2.45, 2.75) is 19.4 Å². The summed E-state index contributed by atoms with van der Waals surface area (Å²) in [7, 11) is -2.96. The molecule has 1 aliphatic rings. The summed E-state index contributed by atoms with van der Waals surface area (Å²) in [5.74, 6) is 0.191. The smallest absolute Gasteiger partial charge is 0.319 e. The first-order valence-corrected chi connectivity index (χ1v) is 7.61. The summed E-state index contributed by atoms with van der Waals surface area (Å²) >= 11 is 0. The Morgan fingerprint density at radius 2 is 1.94 bits per heavy atom. The highest BCUT2D eigenvalue weighted by atomic mass is 32.2. The maximum atomic E-state index is 11.6. The van der Waals surface area contributed by atoms with Gasteiger partial charge in [0.25, 0.3) is 0 Å². The Morgan fingerprint density at radius 3 is 2.50 bits per heavy atom. The van der Waals surface area contributed by atoms with E-state index in [9.17, 15) is 13.2 Å². The second-order valence-corrected chi connectivity index (χ2v) is 6.79. The second kappa shape index (κ2) is 4.97. The fraction of sp³-hybridized carbons (Fsp3) is 0.417. The van der Waals surface area contributed by atoms with Crippen molar-refractivity contribution in [2.75, 3.05) is 16.8 Å². The molecule has 1 heterocycles. The van der Waals surface area contributed by atoms with Gasteiger partial charge in [0.1, 0.15) is 0 Å². The lowest BCUT2D eigenvalue weighted by Gasteiger charge is -2.12. The number of anilines is 1. The van der Waals surface area contributed by atoms with Crippen molar-refractivity contribution >= 4 is 21.6 Å². The third-order valence-electron chi connectivity index (χ3n) is 2.88. The van der Waals surface area contributed by atoms with Gasteiger partial charge in [0.15, 0.2) is 9.84 Å². The van der Waals surface area contributed by atoms with Crippen LogP contribution >= 0.6 is 0 Å². The van der Waals surface area contributed by atoms with Gasteiger partial charge in [0.2, 0.25) is 0 Å². The Morgan fingerprint density at radius 1 is 1.28 bits per heavy atom. The third-order valence-corrected chi connectivity index (χ3v) is 4.65. The maximum absolute atomic E-state index is 11.6. The van der Waals surface area contributed by atoms with E-state index >= 15 is 0 Å². The standard InChI is InChI=1S/C12H16N2O3S/c1-9-2-4-10(5-3-9)13-12(15)14-11-6-7-18(16,17)8-11/h2-5,11H,6-8H2,1H3,(H2,13,14,15)/t11-/m0/s1. The lowest BCUT2D eigenvalue weighted by Crippen LogP contribution is -2.38. The molecule has 1 aliphatic heterocycles. The number of hydrogen-bond acceptors (Lipinski definition) is 3. The second-order valence-electron chi connectivity index (χ2n) is 4.56. The van der Waals surface area contributed by atoms with Crippen LogP contribution in [0.25, 0.3) is 0 Å². The van der Waals surface area contributed by atoms with Crippen molar-refractivity contribution in [3.05, 3.63) is 29.8 Å². The molecule has 6 heteroatoms. The minimum absolute atomic E-state index is 0.0360. The number of amides is 2. The largest absolute Gasteiger partial charge is 0.334 e. The van der Waals surface area contributed by atoms with Gasteiger partial charge in [-0.2, -0.15) is 0 Å². The zero-order chi connectivity index (χ0) is 13.2. The molecule has 5 nitrogen and oxygen atoms in total. The van der Waals surface area contributed by atoms with Gasteiger partial charge in [0, 0.05) is 11.7 Å². The van der Waals surface area contributed by atoms with Crippen LogP contribution in [0.2, 0.25) is 0 Å². The molecular formula is C12H16N2O3S. The zero-order valence-electron chi connectivity index (χ0n) is 10.1. The molecular weight excluding hydrogens is 252 g/mol. The summed E-state index contributed by atoms with van der Waals surface area (Å²) in [5.41, 5.74) is 1.81. The highest BCUT2D eigenvalue weighted by Crippen LogP contribution is 2.12. The van der Waals surface area contributed by atoms with E-state index in [4.69, 9.17) is 0 Å². The van der Waals surface area contributed by atoms with Crippen molar-refractivity contribution < 1.29 is 13.2 Å². The summed E-state index contributed by atoms with van der Waals surface area (Å²) in [4.78, 5) is 11.6. The molecule has 0 spiro atoms. The predicted octanol–water partition coefficient (Wildman–Crippen LogP) is 1.30. The van der Waals surface area contributed by atoms with E-state index in [1.807, 2.05) is 19.1 Å². The fourth-order valence-electron chi connectivity index (χ4n) is 1.90. The number of carbonyl (C=O) groups is 1. The lowest BCUT2D eigenvalue weighted by atomic mass is 10.2. The van der Waals surface area contributed by atoms with E-state index in [1.165, 1.54) is 0 Å². The Hall–Kier alpha value is -1.56. The molecule has 2 rings (SSSR count). The van der Waals surface area contributed by atoms with Crippen LogP contribution in [0.3, 0.4) is 0 Å². The number of rotatable bonds is 2. The van der Waals surface area contributed by atoms with Crippen molar-refractivity contribution in [3.8, 4) is 0 Å². The van der Waals surface area contributed by atoms with Crippen molar-refractivity contribution in [1.82, 2.24) is 5.32 Å². The van der Waals surface area contributed by atoms with Crippen LogP contribution in [0, 0.1) is 6.92 Å². The van der Waals surface area contributed by atoms with Crippen LogP contribution in [-0.2, 0) is 9.84 Å². The Balaban J connectivity index is 1.88. The number of carbonyl (C=O) groups excluding carboxylic acids is 1. The van der Waals surface area contributed by atoms with E-state index in [1.54, 1.807) is 12.1 Å². The minimum Gasteiger partial charge on any atom is -0.334 e. The summed E-state index contributed by atoms with van der Waals surface area (Å²) in [6, 6.07) is 6.77. The summed E-state index contributed by atoms with van der Waals surface area (Å²) in [6.45, 7) is 1.97. The molecule has 1 saturated heterocycles. The summed E-state index contributed by atoms with van der Waals surface area (Å²) in [5, 5.41) is 5.35. The average molecular weight is 268 g/mol. The number of urea groups is 1. The first-order chi connectivity index (χ1) is 8.44. The lowest BCUT2D eigenvalue weighted by molar-refractivity contribution is 0.249. The van der Waals surface area contributed by atoms with E-state index in [0.29, 0.717) is 12.1 Å². The van der Waals surface area contributed by atoms with Crippen LogP contribution in [-0.4, -0.2) is 32.0 Å². The van der Waals surface area contributed by atoms with Crippen molar-refractivity contribution in [3.63, 3.8) is 0 Å². The van der Waals surface area contributed by atoms with Gasteiger partial charge >= 0.3 is 6.03 Å². The molecule has 1 fully saturated rings. The number of aryl methyl sites for hydroxylation is 1. The number of nitrogens with one attached hydrogen (secondary N) is 2. The van der Waals surface area contributed by atoms with Crippen LogP contribution in [0.5, 0.6) is 0 Å². The van der Waals surface area contributed by atoms with E-state index < -0.39 is 9.84 Å². The first kappa shape index (κ1) is 12.9. The predicted molar refractivity (Wildman–Crippen MR) is 70.4 cm³/mol. The first-order valence-electron chi connectivity index (χ1n) is 5.79. The van der Waals surface area contributed by atoms with E-state index in [0.717, 1.165) is 5.56 Å². The molecule has 18 heavy (non-hydrogen) atoms. The number of hydrogen-bond donors (Lipinski definition) is 2. The van der Waals surface area contributed by atoms with Crippen LogP contribution < -0.4 is 10.6 Å².